The van der Waals surface area contributed by atoms with Crippen molar-refractivity contribution < 1.29 is 9.18 Å². The van der Waals surface area contributed by atoms with E-state index in [-0.39, 0.29) is 17.8 Å². The first-order valence-electron chi connectivity index (χ1n) is 7.56. The molecule has 0 radical (unpaired) electrons. The van der Waals surface area contributed by atoms with Crippen LogP contribution < -0.4 is 0 Å². The Labute approximate surface area is 143 Å². The highest BCUT2D eigenvalue weighted by Crippen LogP contribution is 2.28. The van der Waals surface area contributed by atoms with Crippen LogP contribution in [0.25, 0.3) is 0 Å². The van der Waals surface area contributed by atoms with Crippen molar-refractivity contribution in [3.8, 4) is 0 Å². The van der Waals surface area contributed by atoms with Crippen LogP contribution >= 0.6 is 15.9 Å². The molecule has 3 nitrogen and oxygen atoms in total. The van der Waals surface area contributed by atoms with Gasteiger partial charge in [0, 0.05) is 29.7 Å². The Bertz CT molecular complexity index is 722. The van der Waals surface area contributed by atoms with Gasteiger partial charge in [-0.2, -0.15) is 0 Å². The molecule has 0 N–H and O–H groups in total. The Morgan fingerprint density at radius 1 is 1.13 bits per heavy atom. The molecular weight excluding hydrogens is 359 g/mol. The summed E-state index contributed by atoms with van der Waals surface area (Å²) in [4.78, 5) is 16.7. The normalized spacial score (nSPS) is 18.9. The second-order valence-electron chi connectivity index (χ2n) is 5.75. The minimum atomic E-state index is -0.223. The van der Waals surface area contributed by atoms with Gasteiger partial charge in [0.1, 0.15) is 5.82 Å². The van der Waals surface area contributed by atoms with Crippen molar-refractivity contribution in [1.29, 1.82) is 0 Å². The number of benzene rings is 2. The first-order valence-corrected chi connectivity index (χ1v) is 8.35. The molecule has 1 aliphatic heterocycles. The lowest BCUT2D eigenvalue weighted by Gasteiger charge is -2.40. The summed E-state index contributed by atoms with van der Waals surface area (Å²) >= 11 is 3.43. The van der Waals surface area contributed by atoms with Gasteiger partial charge >= 0.3 is 0 Å². The Hall–Kier alpha value is -1.72. The standard InChI is InChI=1S/C18H18BrFN2O/c1-21-10-11-22(18(23)13-6-2-4-8-15(13)19)12-17(21)14-7-3-5-9-16(14)20/h2-9,17H,10-12H2,1H3. The number of carbonyl (C=O) groups excluding carboxylic acids is 1. The van der Waals surface area contributed by atoms with Gasteiger partial charge in [-0.25, -0.2) is 4.39 Å². The van der Waals surface area contributed by atoms with Crippen molar-refractivity contribution >= 4 is 21.8 Å². The maximum Gasteiger partial charge on any atom is 0.255 e. The zero-order chi connectivity index (χ0) is 16.4. The molecule has 1 amide bonds. The number of rotatable bonds is 2. The molecule has 23 heavy (non-hydrogen) atoms. The predicted octanol–water partition coefficient (Wildman–Crippen LogP) is 3.72. The number of amides is 1. The third-order valence-electron chi connectivity index (χ3n) is 4.30. The molecule has 0 spiro atoms. The topological polar surface area (TPSA) is 23.6 Å². The second-order valence-corrected chi connectivity index (χ2v) is 6.60. The Morgan fingerprint density at radius 2 is 1.83 bits per heavy atom. The largest absolute Gasteiger partial charge is 0.335 e. The molecule has 1 saturated heterocycles. The van der Waals surface area contributed by atoms with Crippen LogP contribution in [0.15, 0.2) is 53.0 Å². The van der Waals surface area contributed by atoms with Gasteiger partial charge in [0.05, 0.1) is 11.6 Å². The maximum absolute atomic E-state index is 14.1. The van der Waals surface area contributed by atoms with Crippen molar-refractivity contribution in [2.45, 2.75) is 6.04 Å². The van der Waals surface area contributed by atoms with E-state index < -0.39 is 0 Å². The lowest BCUT2D eigenvalue weighted by atomic mass is 10.0. The van der Waals surface area contributed by atoms with Crippen molar-refractivity contribution in [1.82, 2.24) is 9.80 Å². The molecule has 1 aliphatic rings. The summed E-state index contributed by atoms with van der Waals surface area (Å²) in [6.07, 6.45) is 0. The summed E-state index contributed by atoms with van der Waals surface area (Å²) in [5, 5.41) is 0. The summed E-state index contributed by atoms with van der Waals surface area (Å²) in [5.41, 5.74) is 1.28. The summed E-state index contributed by atoms with van der Waals surface area (Å²) in [6.45, 7) is 1.84. The first-order chi connectivity index (χ1) is 11.1. The monoisotopic (exact) mass is 376 g/mol. The smallest absolute Gasteiger partial charge is 0.255 e. The van der Waals surface area contributed by atoms with Gasteiger partial charge in [-0.05, 0) is 41.2 Å². The van der Waals surface area contributed by atoms with Crippen molar-refractivity contribution in [2.75, 3.05) is 26.7 Å². The summed E-state index contributed by atoms with van der Waals surface area (Å²) in [7, 11) is 1.97. The molecule has 0 bridgehead atoms. The average Bonchev–Trinajstić information content (AvgIpc) is 2.56. The molecule has 0 aromatic heterocycles. The molecule has 120 valence electrons. The Morgan fingerprint density at radius 3 is 2.57 bits per heavy atom. The molecule has 1 fully saturated rings. The number of nitrogens with zero attached hydrogens (tertiary/aromatic N) is 2. The van der Waals surface area contributed by atoms with Crippen LogP contribution in [-0.4, -0.2) is 42.4 Å². The molecule has 5 heteroatoms. The quantitative estimate of drug-likeness (QED) is 0.797. The maximum atomic E-state index is 14.1. The van der Waals surface area contributed by atoms with Crippen LogP contribution in [0, 0.1) is 5.82 Å². The van der Waals surface area contributed by atoms with Crippen LogP contribution in [0.4, 0.5) is 4.39 Å². The van der Waals surface area contributed by atoms with Crippen molar-refractivity contribution in [2.24, 2.45) is 0 Å². The molecule has 2 aromatic rings. The number of hydrogen-bond donors (Lipinski definition) is 0. The fraction of sp³-hybridized carbons (Fsp3) is 0.278. The van der Waals surface area contributed by atoms with Gasteiger partial charge in [0.15, 0.2) is 0 Å². The molecule has 1 unspecified atom stereocenters. The second kappa shape index (κ2) is 6.81. The van der Waals surface area contributed by atoms with E-state index in [2.05, 4.69) is 20.8 Å². The Balaban J connectivity index is 1.85. The van der Waals surface area contributed by atoms with Crippen molar-refractivity contribution in [3.63, 3.8) is 0 Å². The van der Waals surface area contributed by atoms with Crippen LogP contribution in [0.2, 0.25) is 0 Å². The van der Waals surface area contributed by atoms with Crippen LogP contribution in [-0.2, 0) is 0 Å². The minimum Gasteiger partial charge on any atom is -0.335 e. The highest BCUT2D eigenvalue weighted by atomic mass is 79.9. The zero-order valence-electron chi connectivity index (χ0n) is 12.9. The number of likely N-dealkylation sites (N-methyl/N-ethyl adjacent to an activating group) is 1. The third-order valence-corrected chi connectivity index (χ3v) is 5.00. The molecule has 1 heterocycles. The Kier molecular flexibility index (Phi) is 4.78. The molecule has 0 saturated carbocycles. The molecular formula is C18H18BrFN2O. The highest BCUT2D eigenvalue weighted by Gasteiger charge is 2.30. The molecule has 3 rings (SSSR count). The third kappa shape index (κ3) is 3.31. The van der Waals surface area contributed by atoms with Gasteiger partial charge in [-0.3, -0.25) is 9.69 Å². The zero-order valence-corrected chi connectivity index (χ0v) is 14.5. The lowest BCUT2D eigenvalue weighted by Crippen LogP contribution is -2.49. The van der Waals surface area contributed by atoms with Gasteiger partial charge in [0.2, 0.25) is 0 Å². The van der Waals surface area contributed by atoms with Gasteiger partial charge in [-0.15, -0.1) is 0 Å². The summed E-state index contributed by atoms with van der Waals surface area (Å²) < 4.78 is 14.9. The van der Waals surface area contributed by atoms with Gasteiger partial charge in [-0.1, -0.05) is 30.3 Å². The van der Waals surface area contributed by atoms with E-state index in [0.717, 1.165) is 11.0 Å². The summed E-state index contributed by atoms with van der Waals surface area (Å²) in [6, 6.07) is 14.1. The fourth-order valence-electron chi connectivity index (χ4n) is 2.94. The van der Waals surface area contributed by atoms with Crippen LogP contribution in [0.5, 0.6) is 0 Å². The lowest BCUT2D eigenvalue weighted by molar-refractivity contribution is 0.0540. The van der Waals surface area contributed by atoms with Crippen molar-refractivity contribution in [3.05, 3.63) is 69.9 Å². The van der Waals surface area contributed by atoms with E-state index in [4.69, 9.17) is 0 Å². The SMILES string of the molecule is CN1CCN(C(=O)c2ccccc2Br)CC1c1ccccc1F. The van der Waals surface area contributed by atoms with Gasteiger partial charge < -0.3 is 4.90 Å². The number of halogens is 2. The number of piperazine rings is 1. The number of carbonyl (C=O) groups is 1. The fourth-order valence-corrected chi connectivity index (χ4v) is 3.40. The van der Waals surface area contributed by atoms with E-state index >= 15 is 0 Å². The molecule has 2 aromatic carbocycles. The van der Waals surface area contributed by atoms with Crippen LogP contribution in [0.3, 0.4) is 0 Å². The molecule has 1 atom stereocenters. The van der Waals surface area contributed by atoms with E-state index in [1.54, 1.807) is 17.0 Å². The van der Waals surface area contributed by atoms with E-state index in [0.29, 0.717) is 24.2 Å². The molecule has 0 aliphatic carbocycles. The van der Waals surface area contributed by atoms with E-state index in [9.17, 15) is 9.18 Å². The average molecular weight is 377 g/mol. The predicted molar refractivity (Wildman–Crippen MR) is 91.8 cm³/mol. The van der Waals surface area contributed by atoms with E-state index in [1.165, 1.54) is 6.07 Å². The first kappa shape index (κ1) is 16.1. The summed E-state index contributed by atoms with van der Waals surface area (Å²) in [5.74, 6) is -0.244. The minimum absolute atomic E-state index is 0.0214. The van der Waals surface area contributed by atoms with Crippen LogP contribution in [0.1, 0.15) is 22.0 Å². The van der Waals surface area contributed by atoms with E-state index in [1.807, 2.05) is 37.4 Å². The van der Waals surface area contributed by atoms with Gasteiger partial charge in [0.25, 0.3) is 5.91 Å². The highest BCUT2D eigenvalue weighted by molar-refractivity contribution is 9.10. The number of hydrogen-bond acceptors (Lipinski definition) is 2.